The van der Waals surface area contributed by atoms with E-state index in [1.807, 2.05) is 13.0 Å². The molecule has 1 aromatic carbocycles. The van der Waals surface area contributed by atoms with Gasteiger partial charge in [-0.15, -0.1) is 0 Å². The van der Waals surface area contributed by atoms with Gasteiger partial charge < -0.3 is 10.1 Å². The van der Waals surface area contributed by atoms with Gasteiger partial charge in [0.25, 0.3) is 5.91 Å². The van der Waals surface area contributed by atoms with Crippen molar-refractivity contribution in [2.45, 2.75) is 19.9 Å². The third-order valence-electron chi connectivity index (χ3n) is 2.98. The quantitative estimate of drug-likeness (QED) is 0.893. The Balaban J connectivity index is 2.06. The zero-order valence-electron chi connectivity index (χ0n) is 12.1. The van der Waals surface area contributed by atoms with Crippen molar-refractivity contribution in [3.8, 4) is 5.75 Å². The normalized spacial score (nSPS) is 10.4. The Morgan fingerprint density at radius 2 is 2.24 bits per heavy atom. The fourth-order valence-electron chi connectivity index (χ4n) is 1.90. The minimum absolute atomic E-state index is 0.184. The van der Waals surface area contributed by atoms with Crippen LogP contribution in [0.15, 0.2) is 30.5 Å². The smallest absolute Gasteiger partial charge is 0.269 e. The Kier molecular flexibility index (Phi) is 5.22. The third kappa shape index (κ3) is 3.98. The minimum Gasteiger partial charge on any atom is -0.493 e. The molecule has 6 heteroatoms. The topological polar surface area (TPSA) is 56.1 Å². The van der Waals surface area contributed by atoms with E-state index in [4.69, 9.17) is 16.3 Å². The molecule has 2 rings (SSSR count). The zero-order chi connectivity index (χ0) is 15.2. The van der Waals surface area contributed by atoms with Crippen molar-refractivity contribution in [1.29, 1.82) is 0 Å². The molecule has 0 aliphatic rings. The Labute approximate surface area is 128 Å². The van der Waals surface area contributed by atoms with Crippen molar-refractivity contribution in [2.24, 2.45) is 7.05 Å². The molecule has 0 aliphatic heterocycles. The molecule has 1 heterocycles. The first kappa shape index (κ1) is 15.4. The lowest BCUT2D eigenvalue weighted by Crippen LogP contribution is -2.25. The van der Waals surface area contributed by atoms with Crippen LogP contribution in [-0.4, -0.2) is 22.3 Å². The van der Waals surface area contributed by atoms with Gasteiger partial charge in [-0.05, 0) is 30.7 Å². The van der Waals surface area contributed by atoms with Gasteiger partial charge in [-0.2, -0.15) is 5.10 Å². The van der Waals surface area contributed by atoms with Crippen LogP contribution in [0.1, 0.15) is 29.4 Å². The predicted octanol–water partition coefficient (Wildman–Crippen LogP) is 2.79. The number of aryl methyl sites for hydroxylation is 1. The highest BCUT2D eigenvalue weighted by molar-refractivity contribution is 6.30. The van der Waals surface area contributed by atoms with E-state index >= 15 is 0 Å². The van der Waals surface area contributed by atoms with Crippen LogP contribution in [-0.2, 0) is 13.6 Å². The van der Waals surface area contributed by atoms with Crippen LogP contribution in [0.25, 0.3) is 0 Å². The second-order valence-electron chi connectivity index (χ2n) is 4.62. The average molecular weight is 308 g/mol. The van der Waals surface area contributed by atoms with E-state index in [2.05, 4.69) is 10.4 Å². The van der Waals surface area contributed by atoms with Crippen molar-refractivity contribution in [1.82, 2.24) is 15.1 Å². The van der Waals surface area contributed by atoms with E-state index in [1.165, 1.54) is 4.68 Å². The SMILES string of the molecule is CCCOc1ccc(Cl)cc1CNC(=O)c1ccnn1C. The fourth-order valence-corrected chi connectivity index (χ4v) is 2.10. The van der Waals surface area contributed by atoms with E-state index < -0.39 is 0 Å². The highest BCUT2D eigenvalue weighted by Crippen LogP contribution is 2.23. The molecule has 112 valence electrons. The van der Waals surface area contributed by atoms with Crippen LogP contribution in [0.4, 0.5) is 0 Å². The molecule has 0 saturated heterocycles. The van der Waals surface area contributed by atoms with E-state index in [9.17, 15) is 4.79 Å². The zero-order valence-corrected chi connectivity index (χ0v) is 12.9. The molecule has 2 aromatic rings. The van der Waals surface area contributed by atoms with Crippen LogP contribution in [0.2, 0.25) is 5.02 Å². The predicted molar refractivity (Wildman–Crippen MR) is 81.6 cm³/mol. The Morgan fingerprint density at radius 3 is 2.90 bits per heavy atom. The lowest BCUT2D eigenvalue weighted by molar-refractivity contribution is 0.0941. The van der Waals surface area contributed by atoms with Gasteiger partial charge in [0.2, 0.25) is 0 Å². The first-order valence-corrected chi connectivity index (χ1v) is 7.17. The van der Waals surface area contributed by atoms with Gasteiger partial charge in [-0.25, -0.2) is 0 Å². The molecule has 0 spiro atoms. The third-order valence-corrected chi connectivity index (χ3v) is 3.21. The van der Waals surface area contributed by atoms with Crippen molar-refractivity contribution < 1.29 is 9.53 Å². The van der Waals surface area contributed by atoms with Crippen LogP contribution < -0.4 is 10.1 Å². The molecule has 1 N–H and O–H groups in total. The van der Waals surface area contributed by atoms with Crippen molar-refractivity contribution in [2.75, 3.05) is 6.61 Å². The number of amides is 1. The molecule has 0 aliphatic carbocycles. The Morgan fingerprint density at radius 1 is 1.43 bits per heavy atom. The summed E-state index contributed by atoms with van der Waals surface area (Å²) in [7, 11) is 1.73. The monoisotopic (exact) mass is 307 g/mol. The molecule has 0 unspecified atom stereocenters. The van der Waals surface area contributed by atoms with Gasteiger partial charge >= 0.3 is 0 Å². The van der Waals surface area contributed by atoms with Crippen LogP contribution in [0, 0.1) is 0 Å². The molecule has 21 heavy (non-hydrogen) atoms. The van der Waals surface area contributed by atoms with Crippen molar-refractivity contribution >= 4 is 17.5 Å². The number of carbonyl (C=O) groups is 1. The molecular formula is C15H18ClN3O2. The van der Waals surface area contributed by atoms with E-state index in [0.29, 0.717) is 23.9 Å². The minimum atomic E-state index is -0.184. The van der Waals surface area contributed by atoms with Gasteiger partial charge in [0, 0.05) is 30.4 Å². The summed E-state index contributed by atoms with van der Waals surface area (Å²) < 4.78 is 7.19. The van der Waals surface area contributed by atoms with Gasteiger partial charge in [0.05, 0.1) is 6.61 Å². The van der Waals surface area contributed by atoms with Gasteiger partial charge in [0.1, 0.15) is 11.4 Å². The van der Waals surface area contributed by atoms with Crippen LogP contribution in [0.5, 0.6) is 5.75 Å². The lowest BCUT2D eigenvalue weighted by Gasteiger charge is -2.12. The average Bonchev–Trinajstić information content (AvgIpc) is 2.90. The molecule has 1 amide bonds. The first-order chi connectivity index (χ1) is 10.1. The summed E-state index contributed by atoms with van der Waals surface area (Å²) in [5, 5.41) is 7.44. The van der Waals surface area contributed by atoms with Gasteiger partial charge in [-0.3, -0.25) is 9.48 Å². The maximum atomic E-state index is 12.1. The molecule has 0 saturated carbocycles. The maximum Gasteiger partial charge on any atom is 0.269 e. The number of nitrogens with one attached hydrogen (secondary N) is 1. The largest absolute Gasteiger partial charge is 0.493 e. The second kappa shape index (κ2) is 7.13. The summed E-state index contributed by atoms with van der Waals surface area (Å²) in [4.78, 5) is 12.1. The standard InChI is InChI=1S/C15H18ClN3O2/c1-3-8-21-14-5-4-12(16)9-11(14)10-17-15(20)13-6-7-18-19(13)2/h4-7,9H,3,8,10H2,1-2H3,(H,17,20). The Hall–Kier alpha value is -2.01. The number of carbonyl (C=O) groups excluding carboxylic acids is 1. The maximum absolute atomic E-state index is 12.1. The summed E-state index contributed by atoms with van der Waals surface area (Å²) in [6.45, 7) is 3.02. The molecule has 0 fully saturated rings. The number of aromatic nitrogens is 2. The van der Waals surface area contributed by atoms with E-state index in [-0.39, 0.29) is 5.91 Å². The molecule has 0 radical (unpaired) electrons. The number of hydrogen-bond donors (Lipinski definition) is 1. The van der Waals surface area contributed by atoms with Gasteiger partial charge in [0.15, 0.2) is 0 Å². The summed E-state index contributed by atoms with van der Waals surface area (Å²) in [6.07, 6.45) is 2.51. The lowest BCUT2D eigenvalue weighted by atomic mass is 10.2. The highest BCUT2D eigenvalue weighted by atomic mass is 35.5. The van der Waals surface area contributed by atoms with Crippen molar-refractivity contribution in [3.63, 3.8) is 0 Å². The summed E-state index contributed by atoms with van der Waals surface area (Å²) in [6, 6.07) is 7.07. The number of halogens is 1. The molecular weight excluding hydrogens is 290 g/mol. The Bertz CT molecular complexity index is 625. The van der Waals surface area contributed by atoms with E-state index in [0.717, 1.165) is 17.7 Å². The number of rotatable bonds is 6. The van der Waals surface area contributed by atoms with Crippen LogP contribution in [0.3, 0.4) is 0 Å². The number of ether oxygens (including phenoxy) is 1. The van der Waals surface area contributed by atoms with Crippen molar-refractivity contribution in [3.05, 3.63) is 46.7 Å². The highest BCUT2D eigenvalue weighted by Gasteiger charge is 2.11. The summed E-state index contributed by atoms with van der Waals surface area (Å²) in [5.74, 6) is 0.558. The van der Waals surface area contributed by atoms with Gasteiger partial charge in [-0.1, -0.05) is 18.5 Å². The molecule has 0 atom stereocenters. The number of benzene rings is 1. The van der Waals surface area contributed by atoms with Crippen LogP contribution >= 0.6 is 11.6 Å². The molecule has 1 aromatic heterocycles. The fraction of sp³-hybridized carbons (Fsp3) is 0.333. The summed E-state index contributed by atoms with van der Waals surface area (Å²) in [5.41, 5.74) is 1.36. The molecule has 5 nitrogen and oxygen atoms in total. The van der Waals surface area contributed by atoms with E-state index in [1.54, 1.807) is 31.4 Å². The first-order valence-electron chi connectivity index (χ1n) is 6.79. The number of hydrogen-bond acceptors (Lipinski definition) is 3. The number of nitrogens with zero attached hydrogens (tertiary/aromatic N) is 2. The second-order valence-corrected chi connectivity index (χ2v) is 5.06. The summed E-state index contributed by atoms with van der Waals surface area (Å²) >= 11 is 6.01. The molecule has 0 bridgehead atoms.